The molecule has 1 aliphatic rings. The molecule has 0 aromatic heterocycles. The van der Waals surface area contributed by atoms with E-state index in [0.717, 1.165) is 37.8 Å². The fourth-order valence-electron chi connectivity index (χ4n) is 4.59. The summed E-state index contributed by atoms with van der Waals surface area (Å²) in [5.74, 6) is 0.503. The van der Waals surface area contributed by atoms with Crippen molar-refractivity contribution in [1.82, 2.24) is 4.90 Å². The van der Waals surface area contributed by atoms with E-state index in [1.165, 1.54) is 5.56 Å². The average Bonchev–Trinajstić information content (AvgIpc) is 2.66. The molecule has 0 saturated carbocycles. The first-order valence-electron chi connectivity index (χ1n) is 9.68. The summed E-state index contributed by atoms with van der Waals surface area (Å²) in [6.45, 7) is 5.86. The predicted molar refractivity (Wildman–Crippen MR) is 113 cm³/mol. The summed E-state index contributed by atoms with van der Waals surface area (Å²) >= 11 is 0. The molecule has 1 heterocycles. The lowest BCUT2D eigenvalue weighted by atomic mass is 9.66. The van der Waals surface area contributed by atoms with Crippen molar-refractivity contribution in [1.29, 1.82) is 0 Å². The molecule has 3 rings (SSSR count). The van der Waals surface area contributed by atoms with E-state index in [9.17, 15) is 9.90 Å². The Bertz CT molecular complexity index is 745. The first kappa shape index (κ1) is 21.5. The molecular weight excluding hydrogens is 358 g/mol. The molecule has 1 saturated heterocycles. The van der Waals surface area contributed by atoms with E-state index in [2.05, 4.69) is 24.8 Å². The minimum absolute atomic E-state index is 0. The molecule has 4 heteroatoms. The summed E-state index contributed by atoms with van der Waals surface area (Å²) in [5, 5.41) is 10.0. The normalized spacial score (nSPS) is 22.8. The molecule has 0 amide bonds. The van der Waals surface area contributed by atoms with Crippen LogP contribution in [0.3, 0.4) is 0 Å². The van der Waals surface area contributed by atoms with E-state index < -0.39 is 0 Å². The van der Waals surface area contributed by atoms with Gasteiger partial charge in [-0.25, -0.2) is 0 Å². The van der Waals surface area contributed by atoms with Gasteiger partial charge in [0.15, 0.2) is 5.78 Å². The predicted octanol–water partition coefficient (Wildman–Crippen LogP) is 5.22. The zero-order chi connectivity index (χ0) is 18.6. The van der Waals surface area contributed by atoms with Gasteiger partial charge in [0.05, 0.1) is 6.54 Å². The number of hydrogen-bond donors (Lipinski definition) is 1. The number of carbonyl (C=O) groups is 1. The van der Waals surface area contributed by atoms with Gasteiger partial charge in [0.25, 0.3) is 0 Å². The van der Waals surface area contributed by atoms with Crippen molar-refractivity contribution >= 4 is 18.2 Å². The smallest absolute Gasteiger partial charge is 0.176 e. The van der Waals surface area contributed by atoms with Crippen LogP contribution in [-0.4, -0.2) is 34.9 Å². The molecule has 0 aliphatic carbocycles. The van der Waals surface area contributed by atoms with Gasteiger partial charge in [-0.1, -0.05) is 55.8 Å². The van der Waals surface area contributed by atoms with Crippen molar-refractivity contribution in [3.05, 3.63) is 65.7 Å². The molecule has 1 aliphatic heterocycles. The van der Waals surface area contributed by atoms with E-state index in [0.29, 0.717) is 12.3 Å². The van der Waals surface area contributed by atoms with Crippen LogP contribution in [0.1, 0.15) is 55.5 Å². The van der Waals surface area contributed by atoms with Crippen LogP contribution in [0.4, 0.5) is 0 Å². The Balaban J connectivity index is 0.00000261. The van der Waals surface area contributed by atoms with Crippen molar-refractivity contribution in [2.24, 2.45) is 0 Å². The largest absolute Gasteiger partial charge is 0.508 e. The summed E-state index contributed by atoms with van der Waals surface area (Å²) < 4.78 is 0. The molecule has 2 aromatic carbocycles. The quantitative estimate of drug-likeness (QED) is 0.691. The van der Waals surface area contributed by atoms with Gasteiger partial charge in [-0.2, -0.15) is 0 Å². The Labute approximate surface area is 168 Å². The maximum Gasteiger partial charge on any atom is 0.176 e. The molecule has 2 aromatic rings. The number of phenols is 1. The van der Waals surface area contributed by atoms with Crippen molar-refractivity contribution in [3.8, 4) is 5.75 Å². The highest BCUT2D eigenvalue weighted by atomic mass is 35.5. The minimum Gasteiger partial charge on any atom is -0.508 e. The fraction of sp³-hybridized carbons (Fsp3) is 0.435. The topological polar surface area (TPSA) is 40.5 Å². The number of benzene rings is 2. The van der Waals surface area contributed by atoms with E-state index in [1.54, 1.807) is 6.07 Å². The molecule has 0 bridgehead atoms. The lowest BCUT2D eigenvalue weighted by molar-refractivity contribution is 0.0601. The van der Waals surface area contributed by atoms with Gasteiger partial charge >= 0.3 is 0 Å². The number of aromatic hydroxyl groups is 1. The number of likely N-dealkylation sites (tertiary alicyclic amines) is 1. The van der Waals surface area contributed by atoms with Gasteiger partial charge in [-0.3, -0.25) is 9.69 Å². The van der Waals surface area contributed by atoms with Gasteiger partial charge in [0.1, 0.15) is 5.75 Å². The van der Waals surface area contributed by atoms with E-state index in [-0.39, 0.29) is 29.6 Å². The Morgan fingerprint density at radius 3 is 2.59 bits per heavy atom. The Hall–Kier alpha value is -1.84. The monoisotopic (exact) mass is 387 g/mol. The average molecular weight is 388 g/mol. The van der Waals surface area contributed by atoms with E-state index in [4.69, 9.17) is 0 Å². The Morgan fingerprint density at radius 2 is 1.93 bits per heavy atom. The summed E-state index contributed by atoms with van der Waals surface area (Å²) in [6.07, 6.45) is 4.32. The molecule has 1 N–H and O–H groups in total. The molecule has 2 unspecified atom stereocenters. The van der Waals surface area contributed by atoms with Crippen LogP contribution in [0.15, 0.2) is 54.6 Å². The second-order valence-corrected chi connectivity index (χ2v) is 7.50. The van der Waals surface area contributed by atoms with Crippen molar-refractivity contribution in [2.75, 3.05) is 13.1 Å². The van der Waals surface area contributed by atoms with Crippen LogP contribution in [0.2, 0.25) is 0 Å². The van der Waals surface area contributed by atoms with Crippen molar-refractivity contribution in [2.45, 2.75) is 51.0 Å². The lowest BCUT2D eigenvalue weighted by Gasteiger charge is -2.49. The third-order valence-electron chi connectivity index (χ3n) is 5.98. The van der Waals surface area contributed by atoms with E-state index in [1.807, 2.05) is 42.5 Å². The highest BCUT2D eigenvalue weighted by Gasteiger charge is 2.43. The first-order chi connectivity index (χ1) is 12.6. The molecule has 1 fully saturated rings. The zero-order valence-corrected chi connectivity index (χ0v) is 17.0. The lowest BCUT2D eigenvalue weighted by Crippen LogP contribution is -2.54. The third kappa shape index (κ3) is 4.53. The van der Waals surface area contributed by atoms with Crippen LogP contribution in [0.25, 0.3) is 0 Å². The zero-order valence-electron chi connectivity index (χ0n) is 16.2. The number of rotatable bonds is 6. The maximum absolute atomic E-state index is 12.7. The number of nitrogens with zero attached hydrogens (tertiary/aromatic N) is 1. The van der Waals surface area contributed by atoms with Gasteiger partial charge in [-0.15, -0.1) is 12.4 Å². The molecule has 0 radical (unpaired) electrons. The van der Waals surface area contributed by atoms with Crippen LogP contribution < -0.4 is 0 Å². The summed E-state index contributed by atoms with van der Waals surface area (Å²) in [7, 11) is 0. The van der Waals surface area contributed by atoms with Gasteiger partial charge < -0.3 is 5.11 Å². The number of piperidine rings is 1. The highest BCUT2D eigenvalue weighted by Crippen LogP contribution is 2.43. The molecule has 27 heavy (non-hydrogen) atoms. The number of carbonyl (C=O) groups excluding carboxylic acids is 1. The molecule has 0 spiro atoms. The second-order valence-electron chi connectivity index (χ2n) is 7.50. The van der Waals surface area contributed by atoms with Crippen LogP contribution >= 0.6 is 12.4 Å². The molecule has 146 valence electrons. The molecule has 2 atom stereocenters. The minimum atomic E-state index is -0.0112. The number of Topliss-reactive ketones (excluding diaryl/α,β-unsaturated/α-hetero) is 1. The summed E-state index contributed by atoms with van der Waals surface area (Å²) in [6, 6.07) is 17.5. The van der Waals surface area contributed by atoms with Gasteiger partial charge in [0.2, 0.25) is 0 Å². The Kier molecular flexibility index (Phi) is 7.46. The number of phenolic OH excluding ortho intramolecular Hbond substituents is 1. The second kappa shape index (κ2) is 9.38. The van der Waals surface area contributed by atoms with Crippen LogP contribution in [-0.2, 0) is 5.41 Å². The number of ketones is 1. The van der Waals surface area contributed by atoms with Crippen LogP contribution in [0, 0.1) is 0 Å². The first-order valence-corrected chi connectivity index (χ1v) is 9.68. The fourth-order valence-corrected chi connectivity index (χ4v) is 4.59. The maximum atomic E-state index is 12.7. The number of halogens is 1. The summed E-state index contributed by atoms with van der Waals surface area (Å²) in [4.78, 5) is 15.1. The van der Waals surface area contributed by atoms with Gasteiger partial charge in [-0.05, 0) is 50.4 Å². The molecule has 3 nitrogen and oxygen atoms in total. The Morgan fingerprint density at radius 1 is 1.19 bits per heavy atom. The van der Waals surface area contributed by atoms with Gasteiger partial charge in [0, 0.05) is 17.0 Å². The van der Waals surface area contributed by atoms with E-state index >= 15 is 0 Å². The summed E-state index contributed by atoms with van der Waals surface area (Å²) in [5.41, 5.74) is 1.97. The van der Waals surface area contributed by atoms with Crippen LogP contribution in [0.5, 0.6) is 5.75 Å². The van der Waals surface area contributed by atoms with Crippen molar-refractivity contribution < 1.29 is 9.90 Å². The number of hydrogen-bond acceptors (Lipinski definition) is 3. The SMILES string of the molecule is CCCC1(c2cccc(O)c2)CCCN(CC(=O)c2ccccc2)C1C.Cl. The van der Waals surface area contributed by atoms with Crippen molar-refractivity contribution in [3.63, 3.8) is 0 Å². The standard InChI is InChI=1S/C23H29NO2.ClH/c1-3-13-23(20-11-7-12-21(25)16-20)14-8-15-24(18(23)2)17-22(26)19-9-5-4-6-10-19;/h4-7,9-12,16,18,25H,3,8,13-15,17H2,1-2H3;1H. The molecular formula is C23H30ClNO2. The highest BCUT2D eigenvalue weighted by molar-refractivity contribution is 5.97. The third-order valence-corrected chi connectivity index (χ3v) is 5.98.